The van der Waals surface area contributed by atoms with Gasteiger partial charge >= 0.3 is 23.1 Å². The minimum absolute atomic E-state index is 0. The summed E-state index contributed by atoms with van der Waals surface area (Å²) in [4.78, 5) is 31.4. The normalized spacial score (nSPS) is 10.8. The molecule has 0 bridgehead atoms. The van der Waals surface area contributed by atoms with Gasteiger partial charge in [-0.25, -0.2) is 0 Å². The Morgan fingerprint density at radius 1 is 1.00 bits per heavy atom. The molecule has 0 unspecified atom stereocenters. The van der Waals surface area contributed by atoms with E-state index in [-0.39, 0.29) is 38.4 Å². The molecular formula is C6H3Cl2MgO3P. The van der Waals surface area contributed by atoms with Crippen LogP contribution in [0.2, 0.25) is 10.0 Å². The molecular weight excluding hydrogens is 246 g/mol. The first-order valence-corrected chi connectivity index (χ1v) is 5.19. The summed E-state index contributed by atoms with van der Waals surface area (Å²) < 4.78 is 0. The third kappa shape index (κ3) is 3.86. The third-order valence-electron chi connectivity index (χ3n) is 1.22. The molecule has 0 aromatic heterocycles. The molecule has 0 aliphatic heterocycles. The summed E-state index contributed by atoms with van der Waals surface area (Å²) in [6.45, 7) is 0. The second kappa shape index (κ2) is 5.10. The summed E-state index contributed by atoms with van der Waals surface area (Å²) in [6.07, 6.45) is 0. The quantitative estimate of drug-likeness (QED) is 0.477. The van der Waals surface area contributed by atoms with Crippen LogP contribution in [0.4, 0.5) is 0 Å². The van der Waals surface area contributed by atoms with E-state index in [1.165, 1.54) is 6.07 Å². The summed E-state index contributed by atoms with van der Waals surface area (Å²) in [5, 5.41) is -0.0770. The Labute approximate surface area is 102 Å². The Morgan fingerprint density at radius 2 is 1.54 bits per heavy atom. The molecule has 0 heterocycles. The van der Waals surface area contributed by atoms with Gasteiger partial charge in [0.05, 0.1) is 15.3 Å². The zero-order valence-electron chi connectivity index (χ0n) is 6.37. The standard InChI is InChI=1S/C6H5Cl2O3P.Mg/c7-5-2-1-4(3-6(5)8)12(9,10)11;/h1-3H,(H2,9,10,11);/q;+2/p-2. The van der Waals surface area contributed by atoms with Crippen LogP contribution in [0, 0.1) is 0 Å². The molecule has 0 amide bonds. The van der Waals surface area contributed by atoms with Crippen molar-refractivity contribution < 1.29 is 14.7 Å². The molecule has 0 saturated carbocycles. The molecule has 0 atom stereocenters. The van der Waals surface area contributed by atoms with Crippen molar-refractivity contribution in [2.45, 2.75) is 0 Å². The van der Waals surface area contributed by atoms with E-state index >= 15 is 0 Å². The van der Waals surface area contributed by atoms with E-state index in [0.29, 0.717) is 0 Å². The molecule has 0 spiro atoms. The Kier molecular flexibility index (Phi) is 5.44. The van der Waals surface area contributed by atoms with Crippen molar-refractivity contribution in [2.24, 2.45) is 0 Å². The van der Waals surface area contributed by atoms with Crippen LogP contribution in [0.3, 0.4) is 0 Å². The first kappa shape index (κ1) is 13.9. The predicted octanol–water partition coefficient (Wildman–Crippen LogP) is -0.919. The van der Waals surface area contributed by atoms with E-state index in [2.05, 4.69) is 0 Å². The Hall–Kier alpha value is 0.876. The van der Waals surface area contributed by atoms with Gasteiger partial charge in [0, 0.05) is 0 Å². The van der Waals surface area contributed by atoms with Crippen LogP contribution in [-0.4, -0.2) is 23.1 Å². The van der Waals surface area contributed by atoms with Crippen LogP contribution in [0.5, 0.6) is 0 Å². The molecule has 66 valence electrons. The molecule has 0 aliphatic carbocycles. The Bertz CT molecular complexity index is 302. The zero-order valence-corrected chi connectivity index (χ0v) is 10.2. The van der Waals surface area contributed by atoms with Crippen molar-refractivity contribution in [3.63, 3.8) is 0 Å². The fourth-order valence-electron chi connectivity index (χ4n) is 0.655. The van der Waals surface area contributed by atoms with Gasteiger partial charge in [-0.2, -0.15) is 0 Å². The van der Waals surface area contributed by atoms with Crippen molar-refractivity contribution in [1.29, 1.82) is 0 Å². The average Bonchev–Trinajstić information content (AvgIpc) is 1.92. The summed E-state index contributed by atoms with van der Waals surface area (Å²) in [5.74, 6) is 0. The van der Waals surface area contributed by atoms with E-state index in [0.717, 1.165) is 12.1 Å². The predicted molar refractivity (Wildman–Crippen MR) is 48.8 cm³/mol. The SMILES string of the molecule is [Mg+2].[O-][P+]([O-])([O-])c1ccc(Cl)c(Cl)c1. The van der Waals surface area contributed by atoms with Crippen molar-refractivity contribution in [3.05, 3.63) is 28.2 Å². The number of hydrogen-bond donors (Lipinski definition) is 0. The molecule has 0 radical (unpaired) electrons. The van der Waals surface area contributed by atoms with Crippen LogP contribution in [0.15, 0.2) is 18.2 Å². The van der Waals surface area contributed by atoms with E-state index in [1.54, 1.807) is 0 Å². The van der Waals surface area contributed by atoms with Gasteiger partial charge in [-0.15, -0.1) is 7.94 Å². The molecule has 1 rings (SSSR count). The fourth-order valence-corrected chi connectivity index (χ4v) is 1.57. The largest absolute Gasteiger partial charge is 2.00 e. The summed E-state index contributed by atoms with van der Waals surface area (Å²) in [5.41, 5.74) is 0. The molecule has 0 fully saturated rings. The Balaban J connectivity index is 0.00000144. The topological polar surface area (TPSA) is 69.2 Å². The maximum atomic E-state index is 10.5. The molecule has 0 N–H and O–H groups in total. The van der Waals surface area contributed by atoms with Gasteiger partial charge in [-0.05, 0) is 18.2 Å². The molecule has 1 aromatic carbocycles. The number of hydrogen-bond acceptors (Lipinski definition) is 3. The van der Waals surface area contributed by atoms with Gasteiger partial charge in [0.2, 0.25) is 0 Å². The van der Waals surface area contributed by atoms with Crippen LogP contribution in [0.1, 0.15) is 0 Å². The third-order valence-corrected chi connectivity index (χ3v) is 2.87. The van der Waals surface area contributed by atoms with Gasteiger partial charge < -0.3 is 14.7 Å². The molecule has 0 aliphatic rings. The molecule has 7 heteroatoms. The first-order valence-electron chi connectivity index (χ1n) is 2.89. The van der Waals surface area contributed by atoms with Crippen LogP contribution in [-0.2, 0) is 0 Å². The molecule has 3 nitrogen and oxygen atoms in total. The van der Waals surface area contributed by atoms with Crippen LogP contribution in [0.25, 0.3) is 0 Å². The molecule has 13 heavy (non-hydrogen) atoms. The Morgan fingerprint density at radius 3 is 1.92 bits per heavy atom. The van der Waals surface area contributed by atoms with Gasteiger partial charge in [0.1, 0.15) is 0 Å². The van der Waals surface area contributed by atoms with Crippen molar-refractivity contribution in [3.8, 4) is 0 Å². The minimum atomic E-state index is -4.71. The van der Waals surface area contributed by atoms with Gasteiger partial charge in [0.25, 0.3) is 0 Å². The maximum absolute atomic E-state index is 10.5. The summed E-state index contributed by atoms with van der Waals surface area (Å²) in [7, 11) is -4.71. The number of halogens is 2. The van der Waals surface area contributed by atoms with E-state index in [1.807, 2.05) is 0 Å². The molecule has 0 saturated heterocycles. The van der Waals surface area contributed by atoms with Gasteiger partial charge in [0.15, 0.2) is 0 Å². The second-order valence-corrected chi connectivity index (χ2v) is 4.42. The summed E-state index contributed by atoms with van der Waals surface area (Å²) >= 11 is 11.0. The average molecular weight is 249 g/mol. The fraction of sp³-hybridized carbons (Fsp3) is 0. The van der Waals surface area contributed by atoms with Gasteiger partial charge in [-0.1, -0.05) is 23.2 Å². The number of benzene rings is 1. The van der Waals surface area contributed by atoms with E-state index in [4.69, 9.17) is 23.2 Å². The monoisotopic (exact) mass is 248 g/mol. The van der Waals surface area contributed by atoms with Crippen molar-refractivity contribution >= 4 is 59.5 Å². The number of rotatable bonds is 1. The first-order chi connectivity index (χ1) is 5.41. The summed E-state index contributed by atoms with van der Waals surface area (Å²) in [6, 6.07) is 3.42. The maximum Gasteiger partial charge on any atom is 2.00 e. The van der Waals surface area contributed by atoms with E-state index in [9.17, 15) is 14.7 Å². The minimum Gasteiger partial charge on any atom is -0.683 e. The van der Waals surface area contributed by atoms with Crippen LogP contribution < -0.4 is 20.0 Å². The van der Waals surface area contributed by atoms with Crippen molar-refractivity contribution in [1.82, 2.24) is 0 Å². The van der Waals surface area contributed by atoms with Crippen LogP contribution >= 0.6 is 31.1 Å². The van der Waals surface area contributed by atoms with E-state index < -0.39 is 7.94 Å². The van der Waals surface area contributed by atoms with Gasteiger partial charge in [-0.3, -0.25) is 0 Å². The van der Waals surface area contributed by atoms with Crippen molar-refractivity contribution in [2.75, 3.05) is 0 Å². The molecule has 1 aromatic rings. The smallest absolute Gasteiger partial charge is 0.683 e. The zero-order chi connectivity index (χ0) is 9.35. The second-order valence-electron chi connectivity index (χ2n) is 2.10.